The summed E-state index contributed by atoms with van der Waals surface area (Å²) < 4.78 is 0. The topological polar surface area (TPSA) is 0 Å². The zero-order valence-corrected chi connectivity index (χ0v) is 9.39. The van der Waals surface area contributed by atoms with Gasteiger partial charge in [0.15, 0.2) is 6.71 Å². The number of aryl methyl sites for hydroxylation is 1. The molecule has 0 amide bonds. The molecular weight excluding hydrogens is 191 g/mol. The monoisotopic (exact) mass is 206 g/mol. The Morgan fingerprint density at radius 2 is 1.44 bits per heavy atom. The lowest BCUT2D eigenvalue weighted by Crippen LogP contribution is -2.35. The van der Waals surface area contributed by atoms with Gasteiger partial charge in [-0.05, 0) is 18.3 Å². The molecule has 78 valence electrons. The van der Waals surface area contributed by atoms with Crippen molar-refractivity contribution in [2.75, 3.05) is 0 Å². The van der Waals surface area contributed by atoms with Crippen LogP contribution in [0.5, 0.6) is 0 Å². The van der Waals surface area contributed by atoms with Crippen LogP contribution in [0, 0.1) is 0 Å². The van der Waals surface area contributed by atoms with Crippen LogP contribution in [-0.2, 0) is 12.7 Å². The quantitative estimate of drug-likeness (QED) is 0.629. The average molecular weight is 206 g/mol. The average Bonchev–Trinajstić information content (AvgIpc) is 2.39. The van der Waals surface area contributed by atoms with Crippen LogP contribution < -0.4 is 5.46 Å². The van der Waals surface area contributed by atoms with Crippen molar-refractivity contribution in [2.24, 2.45) is 0 Å². The molecule has 0 N–H and O–H groups in total. The third-order valence-electron chi connectivity index (χ3n) is 3.62. The highest BCUT2D eigenvalue weighted by atomic mass is 14.1. The van der Waals surface area contributed by atoms with Crippen molar-refractivity contribution >= 4 is 12.2 Å². The zero-order valence-electron chi connectivity index (χ0n) is 9.39. The van der Waals surface area contributed by atoms with E-state index in [-0.39, 0.29) is 0 Å². The molecule has 1 heterocycles. The van der Waals surface area contributed by atoms with Crippen LogP contribution >= 0.6 is 0 Å². The Kier molecular flexibility index (Phi) is 2.53. The van der Waals surface area contributed by atoms with Crippen molar-refractivity contribution in [3.05, 3.63) is 65.7 Å². The van der Waals surface area contributed by atoms with E-state index in [0.29, 0.717) is 0 Å². The molecule has 1 aliphatic heterocycles. The first kappa shape index (κ1) is 9.71. The third-order valence-corrected chi connectivity index (χ3v) is 3.62. The van der Waals surface area contributed by atoms with Gasteiger partial charge in [0.2, 0.25) is 0 Å². The van der Waals surface area contributed by atoms with E-state index < -0.39 is 0 Å². The van der Waals surface area contributed by atoms with Gasteiger partial charge in [0.25, 0.3) is 0 Å². The smallest absolute Gasteiger partial charge is 0.0797 e. The molecule has 2 aromatic rings. The summed E-state index contributed by atoms with van der Waals surface area (Å²) in [5.41, 5.74) is 4.59. The Hall–Kier alpha value is -1.50. The van der Waals surface area contributed by atoms with E-state index >= 15 is 0 Å². The first-order valence-electron chi connectivity index (χ1n) is 6.05. The summed E-state index contributed by atoms with van der Waals surface area (Å²) in [6, 6.07) is 19.8. The van der Waals surface area contributed by atoms with Crippen LogP contribution in [0.2, 0.25) is 6.32 Å². The first-order valence-corrected chi connectivity index (χ1v) is 6.05. The van der Waals surface area contributed by atoms with E-state index in [4.69, 9.17) is 0 Å². The maximum Gasteiger partial charge on any atom is 0.180 e. The van der Waals surface area contributed by atoms with E-state index in [1.165, 1.54) is 24.5 Å². The minimum absolute atomic E-state index is 0.719. The fourth-order valence-corrected chi connectivity index (χ4v) is 2.71. The fraction of sp³-hybridized carbons (Fsp3) is 0.200. The Labute approximate surface area is 97.4 Å². The fourth-order valence-electron chi connectivity index (χ4n) is 2.71. The highest BCUT2D eigenvalue weighted by molar-refractivity contribution is 6.73. The second-order valence-electron chi connectivity index (χ2n) is 4.62. The van der Waals surface area contributed by atoms with Crippen molar-refractivity contribution in [1.82, 2.24) is 0 Å². The normalized spacial score (nSPS) is 14.6. The highest BCUT2D eigenvalue weighted by Crippen LogP contribution is 2.20. The number of fused-ring (bicyclic) bond motifs is 1. The van der Waals surface area contributed by atoms with Crippen molar-refractivity contribution in [3.63, 3.8) is 0 Å². The minimum atomic E-state index is 0.719. The minimum Gasteiger partial charge on any atom is -0.0797 e. The maximum absolute atomic E-state index is 2.28. The SMILES string of the molecule is c1ccc(B2CCc3ccccc3C2)cc1. The summed E-state index contributed by atoms with van der Waals surface area (Å²) in [4.78, 5) is 0. The first-order chi connectivity index (χ1) is 7.93. The predicted octanol–water partition coefficient (Wildman–Crippen LogP) is 2.73. The zero-order chi connectivity index (χ0) is 10.8. The lowest BCUT2D eigenvalue weighted by atomic mass is 9.37. The van der Waals surface area contributed by atoms with Crippen LogP contribution in [0.15, 0.2) is 54.6 Å². The maximum atomic E-state index is 2.28. The van der Waals surface area contributed by atoms with Crippen molar-refractivity contribution in [2.45, 2.75) is 19.1 Å². The molecule has 0 saturated heterocycles. The van der Waals surface area contributed by atoms with Gasteiger partial charge in [-0.3, -0.25) is 0 Å². The Bertz CT molecular complexity index is 476. The summed E-state index contributed by atoms with van der Waals surface area (Å²) in [7, 11) is 0. The van der Waals surface area contributed by atoms with Gasteiger partial charge >= 0.3 is 0 Å². The van der Waals surface area contributed by atoms with E-state index in [9.17, 15) is 0 Å². The molecule has 0 radical (unpaired) electrons. The van der Waals surface area contributed by atoms with Gasteiger partial charge < -0.3 is 0 Å². The van der Waals surface area contributed by atoms with Crippen molar-refractivity contribution in [1.29, 1.82) is 0 Å². The highest BCUT2D eigenvalue weighted by Gasteiger charge is 2.22. The van der Waals surface area contributed by atoms with E-state index in [2.05, 4.69) is 54.6 Å². The molecule has 2 aromatic carbocycles. The Morgan fingerprint density at radius 1 is 0.750 bits per heavy atom. The van der Waals surface area contributed by atoms with Crippen LogP contribution in [-0.4, -0.2) is 6.71 Å². The lowest BCUT2D eigenvalue weighted by molar-refractivity contribution is 1.03. The van der Waals surface area contributed by atoms with Crippen molar-refractivity contribution in [3.8, 4) is 0 Å². The molecule has 1 heteroatoms. The summed E-state index contributed by atoms with van der Waals surface area (Å²) in [5, 5.41) is 0. The summed E-state index contributed by atoms with van der Waals surface area (Å²) in [5.74, 6) is 0. The van der Waals surface area contributed by atoms with E-state index in [1.54, 1.807) is 11.1 Å². The van der Waals surface area contributed by atoms with Gasteiger partial charge in [0.05, 0.1) is 0 Å². The van der Waals surface area contributed by atoms with Crippen LogP contribution in [0.1, 0.15) is 11.1 Å². The molecule has 0 aliphatic carbocycles. The second kappa shape index (κ2) is 4.17. The summed E-state index contributed by atoms with van der Waals surface area (Å²) in [6.45, 7) is 0.719. The van der Waals surface area contributed by atoms with Gasteiger partial charge in [-0.1, -0.05) is 71.9 Å². The number of rotatable bonds is 1. The summed E-state index contributed by atoms with van der Waals surface area (Å²) >= 11 is 0. The molecule has 0 fully saturated rings. The van der Waals surface area contributed by atoms with Crippen molar-refractivity contribution < 1.29 is 0 Å². The van der Waals surface area contributed by atoms with Crippen LogP contribution in [0.25, 0.3) is 0 Å². The number of hydrogen-bond donors (Lipinski definition) is 0. The molecule has 0 spiro atoms. The molecule has 0 nitrogen and oxygen atoms in total. The molecule has 0 atom stereocenters. The number of hydrogen-bond acceptors (Lipinski definition) is 0. The summed E-state index contributed by atoms with van der Waals surface area (Å²) in [6.07, 6.45) is 3.73. The molecule has 3 rings (SSSR count). The van der Waals surface area contributed by atoms with Crippen LogP contribution in [0.3, 0.4) is 0 Å². The molecule has 1 aliphatic rings. The standard InChI is InChI=1S/C15H15B/c1-2-8-15(9-3-1)16-11-10-13-6-4-5-7-14(13)12-16/h1-9H,10-12H2. The van der Waals surface area contributed by atoms with E-state index in [1.807, 2.05) is 0 Å². The molecule has 0 unspecified atom stereocenters. The lowest BCUT2D eigenvalue weighted by Gasteiger charge is -2.22. The van der Waals surface area contributed by atoms with Crippen LogP contribution in [0.4, 0.5) is 0 Å². The second-order valence-corrected chi connectivity index (χ2v) is 4.62. The molecular formula is C15H15B. The third kappa shape index (κ3) is 1.78. The van der Waals surface area contributed by atoms with Gasteiger partial charge in [0, 0.05) is 0 Å². The molecule has 16 heavy (non-hydrogen) atoms. The Balaban J connectivity index is 1.89. The Morgan fingerprint density at radius 3 is 2.25 bits per heavy atom. The predicted molar refractivity (Wildman–Crippen MR) is 70.5 cm³/mol. The molecule has 0 bridgehead atoms. The van der Waals surface area contributed by atoms with E-state index in [0.717, 1.165) is 6.71 Å². The van der Waals surface area contributed by atoms with Gasteiger partial charge in [0.1, 0.15) is 0 Å². The number of benzene rings is 2. The molecule has 0 aromatic heterocycles. The van der Waals surface area contributed by atoms with Gasteiger partial charge in [-0.2, -0.15) is 0 Å². The molecule has 0 saturated carbocycles. The largest absolute Gasteiger partial charge is 0.180 e. The van der Waals surface area contributed by atoms with Gasteiger partial charge in [-0.25, -0.2) is 0 Å². The van der Waals surface area contributed by atoms with Gasteiger partial charge in [-0.15, -0.1) is 0 Å².